The number of Topliss-reactive ketones (excluding diaryl/α,β-unsaturated/α-hetero) is 1. The van der Waals surface area contributed by atoms with Crippen LogP contribution in [-0.4, -0.2) is 22.9 Å². The van der Waals surface area contributed by atoms with Crippen molar-refractivity contribution in [1.29, 1.82) is 5.26 Å². The summed E-state index contributed by atoms with van der Waals surface area (Å²) >= 11 is 1.35. The number of unbranched alkanes of at least 4 members (excludes halogenated alkanes) is 1. The molecular weight excluding hydrogens is 360 g/mol. The lowest BCUT2D eigenvalue weighted by Gasteiger charge is -2.08. The number of ketones is 1. The first-order chi connectivity index (χ1) is 12.9. The molecule has 0 spiro atoms. The van der Waals surface area contributed by atoms with Crippen molar-refractivity contribution in [3.05, 3.63) is 50.5 Å². The first-order valence-electron chi connectivity index (χ1n) is 8.92. The van der Waals surface area contributed by atoms with Gasteiger partial charge in [0.15, 0.2) is 6.61 Å². The van der Waals surface area contributed by atoms with E-state index >= 15 is 0 Å². The third kappa shape index (κ3) is 5.18. The predicted octanol–water partition coefficient (Wildman–Crippen LogP) is 4.61. The largest absolute Gasteiger partial charge is 0.453 e. The second-order valence-electron chi connectivity index (χ2n) is 6.41. The zero-order chi connectivity index (χ0) is 20.0. The maximum atomic E-state index is 12.2. The summed E-state index contributed by atoms with van der Waals surface area (Å²) in [5, 5.41) is 9.34. The van der Waals surface area contributed by atoms with E-state index in [1.54, 1.807) is 6.07 Å². The van der Waals surface area contributed by atoms with Crippen LogP contribution in [0.4, 0.5) is 0 Å². The Morgan fingerprint density at radius 1 is 1.30 bits per heavy atom. The summed E-state index contributed by atoms with van der Waals surface area (Å²) in [5.41, 5.74) is 2.80. The molecule has 0 unspecified atom stereocenters. The molecule has 0 amide bonds. The molecule has 0 aliphatic heterocycles. The van der Waals surface area contributed by atoms with E-state index in [0.717, 1.165) is 41.2 Å². The maximum absolute atomic E-state index is 12.2. The predicted molar refractivity (Wildman–Crippen MR) is 107 cm³/mol. The van der Waals surface area contributed by atoms with Gasteiger partial charge in [0, 0.05) is 22.8 Å². The van der Waals surface area contributed by atoms with Gasteiger partial charge in [-0.05, 0) is 57.0 Å². The molecule has 0 N–H and O–H groups in total. The lowest BCUT2D eigenvalue weighted by atomic mass is 10.1. The fourth-order valence-electron chi connectivity index (χ4n) is 2.79. The van der Waals surface area contributed by atoms with Crippen LogP contribution in [0.3, 0.4) is 0 Å². The van der Waals surface area contributed by atoms with E-state index in [2.05, 4.69) is 11.5 Å². The molecule has 2 aromatic rings. The molecule has 0 atom stereocenters. The lowest BCUT2D eigenvalue weighted by Crippen LogP contribution is -2.14. The molecule has 6 heteroatoms. The normalized spacial score (nSPS) is 11.3. The van der Waals surface area contributed by atoms with Crippen molar-refractivity contribution >= 4 is 29.2 Å². The second kappa shape index (κ2) is 9.33. The smallest absolute Gasteiger partial charge is 0.349 e. The Kier molecular flexibility index (Phi) is 7.14. The van der Waals surface area contributed by atoms with Crippen LogP contribution in [0.5, 0.6) is 0 Å². The fourth-order valence-corrected chi connectivity index (χ4v) is 3.58. The van der Waals surface area contributed by atoms with Crippen LogP contribution in [0.15, 0.2) is 23.8 Å². The summed E-state index contributed by atoms with van der Waals surface area (Å²) < 4.78 is 7.23. The van der Waals surface area contributed by atoms with Crippen molar-refractivity contribution < 1.29 is 14.3 Å². The minimum atomic E-state index is -0.780. The highest BCUT2D eigenvalue weighted by Gasteiger charge is 2.16. The quantitative estimate of drug-likeness (QED) is 0.288. The van der Waals surface area contributed by atoms with Gasteiger partial charge in [-0.1, -0.05) is 13.3 Å². The minimum absolute atomic E-state index is 0.110. The van der Waals surface area contributed by atoms with Crippen molar-refractivity contribution in [1.82, 2.24) is 4.57 Å². The molecule has 2 heterocycles. The van der Waals surface area contributed by atoms with Crippen LogP contribution in [-0.2, 0) is 16.1 Å². The van der Waals surface area contributed by atoms with Gasteiger partial charge in [0.25, 0.3) is 0 Å². The number of esters is 1. The van der Waals surface area contributed by atoms with Crippen LogP contribution in [0.1, 0.15) is 51.3 Å². The first-order valence-corrected chi connectivity index (χ1v) is 9.74. The maximum Gasteiger partial charge on any atom is 0.349 e. The van der Waals surface area contributed by atoms with Gasteiger partial charge in [-0.15, -0.1) is 11.3 Å². The van der Waals surface area contributed by atoms with E-state index in [1.165, 1.54) is 17.4 Å². The number of nitrogens with zero attached hydrogens (tertiary/aromatic N) is 2. The minimum Gasteiger partial charge on any atom is -0.453 e. The molecule has 0 aromatic carbocycles. The molecule has 0 aliphatic rings. The molecule has 27 heavy (non-hydrogen) atoms. The number of ether oxygens (including phenoxy) is 1. The van der Waals surface area contributed by atoms with E-state index in [0.29, 0.717) is 4.88 Å². The Morgan fingerprint density at radius 2 is 2.04 bits per heavy atom. The highest BCUT2D eigenvalue weighted by molar-refractivity contribution is 7.14. The third-order valence-corrected chi connectivity index (χ3v) is 5.38. The number of hydrogen-bond donors (Lipinski definition) is 0. The Labute approximate surface area is 163 Å². The number of hydrogen-bond acceptors (Lipinski definition) is 5. The van der Waals surface area contributed by atoms with E-state index in [9.17, 15) is 14.9 Å². The van der Waals surface area contributed by atoms with Crippen molar-refractivity contribution in [3.8, 4) is 6.07 Å². The number of rotatable bonds is 8. The van der Waals surface area contributed by atoms with Crippen molar-refractivity contribution in [2.75, 3.05) is 6.61 Å². The number of carbonyl (C=O) groups excluding carboxylic acids is 2. The highest BCUT2D eigenvalue weighted by Crippen LogP contribution is 2.20. The molecule has 0 radical (unpaired) electrons. The van der Waals surface area contributed by atoms with Gasteiger partial charge in [0.1, 0.15) is 11.6 Å². The van der Waals surface area contributed by atoms with Crippen LogP contribution < -0.4 is 0 Å². The summed E-state index contributed by atoms with van der Waals surface area (Å²) in [6.45, 7) is 8.55. The van der Waals surface area contributed by atoms with Crippen LogP contribution in [0.2, 0.25) is 0 Å². The summed E-state index contributed by atoms with van der Waals surface area (Å²) in [6.07, 6.45) is 3.69. The molecule has 0 aliphatic carbocycles. The van der Waals surface area contributed by atoms with Gasteiger partial charge in [0.2, 0.25) is 5.78 Å². The van der Waals surface area contributed by atoms with Crippen molar-refractivity contribution in [3.63, 3.8) is 0 Å². The number of nitriles is 1. The van der Waals surface area contributed by atoms with Gasteiger partial charge in [-0.3, -0.25) is 4.79 Å². The number of aryl methyl sites for hydroxylation is 2. The average Bonchev–Trinajstić information content (AvgIpc) is 3.19. The van der Waals surface area contributed by atoms with Crippen molar-refractivity contribution in [2.45, 2.75) is 47.1 Å². The molecule has 0 saturated carbocycles. The zero-order valence-electron chi connectivity index (χ0n) is 16.2. The third-order valence-electron chi connectivity index (χ3n) is 4.34. The number of thiophene rings is 1. The number of aromatic nitrogens is 1. The standard InChI is InChI=1S/C21H24N2O3S/c1-5-6-9-23-14(2)10-17(16(23)4)11-18(12-22)21(25)26-13-19(24)20-8-7-15(3)27-20/h7-8,10-11H,5-6,9,13H2,1-4H3/b18-11+. The van der Waals surface area contributed by atoms with Gasteiger partial charge < -0.3 is 9.30 Å². The fraction of sp³-hybridized carbons (Fsp3) is 0.381. The van der Waals surface area contributed by atoms with Crippen LogP contribution >= 0.6 is 11.3 Å². The Bertz CT molecular complexity index is 912. The van der Waals surface area contributed by atoms with E-state index in [-0.39, 0.29) is 18.0 Å². The second-order valence-corrected chi connectivity index (χ2v) is 7.70. The lowest BCUT2D eigenvalue weighted by molar-refractivity contribution is -0.137. The van der Waals surface area contributed by atoms with Crippen molar-refractivity contribution in [2.24, 2.45) is 0 Å². The van der Waals surface area contributed by atoms with Crippen LogP contribution in [0.25, 0.3) is 6.08 Å². The van der Waals surface area contributed by atoms with E-state index in [1.807, 2.05) is 39.0 Å². The molecule has 2 aromatic heterocycles. The molecule has 5 nitrogen and oxygen atoms in total. The summed E-state index contributed by atoms with van der Waals surface area (Å²) in [6, 6.07) is 7.39. The first kappa shape index (κ1) is 20.7. The highest BCUT2D eigenvalue weighted by atomic mass is 32.1. The summed E-state index contributed by atoms with van der Waals surface area (Å²) in [4.78, 5) is 25.8. The molecule has 2 rings (SSSR count). The average molecular weight is 385 g/mol. The molecule has 142 valence electrons. The van der Waals surface area contributed by atoms with E-state index in [4.69, 9.17) is 4.74 Å². The Morgan fingerprint density at radius 3 is 2.63 bits per heavy atom. The van der Waals surface area contributed by atoms with Gasteiger partial charge >= 0.3 is 5.97 Å². The molecule has 0 saturated heterocycles. The van der Waals surface area contributed by atoms with Gasteiger partial charge in [-0.2, -0.15) is 5.26 Å². The summed E-state index contributed by atoms with van der Waals surface area (Å²) in [5.74, 6) is -1.05. The van der Waals surface area contributed by atoms with Gasteiger partial charge in [-0.25, -0.2) is 4.79 Å². The Hall–Kier alpha value is -2.65. The molecule has 0 bridgehead atoms. The SMILES string of the molecule is CCCCn1c(C)cc(/C=C(\C#N)C(=O)OCC(=O)c2ccc(C)s2)c1C. The summed E-state index contributed by atoms with van der Waals surface area (Å²) in [7, 11) is 0. The van der Waals surface area contributed by atoms with E-state index < -0.39 is 5.97 Å². The number of carbonyl (C=O) groups is 2. The monoisotopic (exact) mass is 384 g/mol. The molecular formula is C21H24N2O3S. The molecule has 0 fully saturated rings. The van der Waals surface area contributed by atoms with Crippen LogP contribution in [0, 0.1) is 32.1 Å². The topological polar surface area (TPSA) is 72.1 Å². The zero-order valence-corrected chi connectivity index (χ0v) is 17.0. The van der Waals surface area contributed by atoms with Gasteiger partial charge in [0.05, 0.1) is 4.88 Å². The Balaban J connectivity index is 2.10.